The summed E-state index contributed by atoms with van der Waals surface area (Å²) in [7, 11) is 2.50. The average molecular weight is 220 g/mol. The second kappa shape index (κ2) is 19.5. The zero-order valence-corrected chi connectivity index (χ0v) is 11.5. The van der Waals surface area contributed by atoms with Crippen molar-refractivity contribution in [3.05, 3.63) is 0 Å². The molecular weight excluding hydrogens is 188 g/mol. The molecule has 1 fully saturated rings. The van der Waals surface area contributed by atoms with E-state index in [9.17, 15) is 0 Å². The number of hydrogen-bond acceptors (Lipinski definition) is 3. The predicted octanol–water partition coefficient (Wildman–Crippen LogP) is 1.99. The quantitative estimate of drug-likeness (QED) is 0.667. The molecule has 0 bridgehead atoms. The average Bonchev–Trinajstić information content (AvgIpc) is 2.78. The monoisotopic (exact) mass is 220 g/mol. The molecule has 1 aliphatic rings. The third kappa shape index (κ3) is 16.5. The van der Waals surface area contributed by atoms with Crippen molar-refractivity contribution in [3.8, 4) is 0 Å². The molecule has 15 heavy (non-hydrogen) atoms. The van der Waals surface area contributed by atoms with Gasteiger partial charge in [-0.2, -0.15) is 0 Å². The Morgan fingerprint density at radius 3 is 2.00 bits per heavy atom. The topological polar surface area (TPSA) is 58.3 Å². The van der Waals surface area contributed by atoms with Crippen molar-refractivity contribution >= 4 is 0 Å². The lowest BCUT2D eigenvalue weighted by atomic mass is 10.0. The molecule has 4 N–H and O–H groups in total. The lowest BCUT2D eigenvalue weighted by molar-refractivity contribution is 0.399. The van der Waals surface area contributed by atoms with Crippen LogP contribution < -0.4 is 11.1 Å². The third-order valence-electron chi connectivity index (χ3n) is 1.92. The Morgan fingerprint density at radius 1 is 1.27 bits per heavy atom. The Labute approximate surface area is 96.4 Å². The van der Waals surface area contributed by atoms with Crippen molar-refractivity contribution in [1.29, 1.82) is 0 Å². The third-order valence-corrected chi connectivity index (χ3v) is 1.92. The summed E-state index contributed by atoms with van der Waals surface area (Å²) in [4.78, 5) is 0. The Hall–Kier alpha value is -0.120. The van der Waals surface area contributed by atoms with Gasteiger partial charge < -0.3 is 16.2 Å². The molecule has 1 rings (SSSR count). The van der Waals surface area contributed by atoms with Crippen molar-refractivity contribution in [1.82, 2.24) is 5.32 Å². The predicted molar refractivity (Wildman–Crippen MR) is 70.1 cm³/mol. The van der Waals surface area contributed by atoms with Gasteiger partial charge in [-0.1, -0.05) is 27.7 Å². The van der Waals surface area contributed by atoms with Gasteiger partial charge in [0, 0.05) is 13.2 Å². The second-order valence-electron chi connectivity index (χ2n) is 3.42. The SMILES string of the molecule is CC.CC(C)CC1CCCN1.CN.CO. The standard InChI is InChI=1S/C8H17N.C2H6.CH5N.CH4O/c1-7(2)6-8-4-3-5-9-8;3*1-2/h7-9H,3-6H2,1-2H3;1-2H3;2H2,1H3;2H,1H3. The molecule has 0 aromatic heterocycles. The molecule has 0 radical (unpaired) electrons. The zero-order chi connectivity index (χ0) is 12.7. The highest BCUT2D eigenvalue weighted by Crippen LogP contribution is 2.13. The number of nitrogens with two attached hydrogens (primary N) is 1. The van der Waals surface area contributed by atoms with E-state index in [4.69, 9.17) is 5.11 Å². The van der Waals surface area contributed by atoms with Crippen LogP contribution in [-0.2, 0) is 0 Å². The molecule has 0 spiro atoms. The smallest absolute Gasteiger partial charge is 0.0319 e. The fraction of sp³-hybridized carbons (Fsp3) is 1.00. The van der Waals surface area contributed by atoms with Crippen LogP contribution in [0.2, 0.25) is 0 Å². The van der Waals surface area contributed by atoms with E-state index in [-0.39, 0.29) is 0 Å². The second-order valence-corrected chi connectivity index (χ2v) is 3.42. The molecule has 0 aromatic rings. The molecular formula is C12H32N2O. The Balaban J connectivity index is -0.000000208. The van der Waals surface area contributed by atoms with E-state index in [0.29, 0.717) is 0 Å². The van der Waals surface area contributed by atoms with Gasteiger partial charge in [-0.3, -0.25) is 0 Å². The summed E-state index contributed by atoms with van der Waals surface area (Å²) in [5.74, 6) is 0.862. The summed E-state index contributed by atoms with van der Waals surface area (Å²) in [5, 5.41) is 10.5. The van der Waals surface area contributed by atoms with Gasteiger partial charge in [0.25, 0.3) is 0 Å². The van der Waals surface area contributed by atoms with E-state index < -0.39 is 0 Å². The highest BCUT2D eigenvalue weighted by atomic mass is 16.2. The first kappa shape index (κ1) is 20.3. The molecule has 1 saturated heterocycles. The van der Waals surface area contributed by atoms with E-state index in [1.165, 1.54) is 32.9 Å². The van der Waals surface area contributed by atoms with Crippen LogP contribution in [0, 0.1) is 5.92 Å². The lowest BCUT2D eigenvalue weighted by Crippen LogP contribution is -2.22. The normalized spacial score (nSPS) is 17.8. The van der Waals surface area contributed by atoms with Gasteiger partial charge in [-0.25, -0.2) is 0 Å². The van der Waals surface area contributed by atoms with E-state index in [2.05, 4.69) is 24.9 Å². The van der Waals surface area contributed by atoms with E-state index in [0.717, 1.165) is 19.1 Å². The maximum absolute atomic E-state index is 7.00. The van der Waals surface area contributed by atoms with Crippen LogP contribution in [-0.4, -0.2) is 31.9 Å². The number of nitrogens with one attached hydrogen (secondary N) is 1. The number of rotatable bonds is 2. The molecule has 1 unspecified atom stereocenters. The number of aliphatic hydroxyl groups excluding tert-OH is 1. The van der Waals surface area contributed by atoms with Crippen LogP contribution in [0.25, 0.3) is 0 Å². The minimum atomic E-state index is 0.838. The summed E-state index contributed by atoms with van der Waals surface area (Å²) in [5.41, 5.74) is 4.50. The van der Waals surface area contributed by atoms with Crippen molar-refractivity contribution in [2.24, 2.45) is 11.7 Å². The minimum absolute atomic E-state index is 0.838. The van der Waals surface area contributed by atoms with Gasteiger partial charge in [-0.15, -0.1) is 0 Å². The fourth-order valence-electron chi connectivity index (χ4n) is 1.53. The first-order chi connectivity index (χ1) is 7.29. The molecule has 0 saturated carbocycles. The van der Waals surface area contributed by atoms with E-state index >= 15 is 0 Å². The summed E-state index contributed by atoms with van der Waals surface area (Å²) in [6, 6.07) is 0.838. The summed E-state index contributed by atoms with van der Waals surface area (Å²) in [6.07, 6.45) is 4.15. The van der Waals surface area contributed by atoms with Crippen LogP contribution >= 0.6 is 0 Å². The molecule has 1 atom stereocenters. The van der Waals surface area contributed by atoms with Gasteiger partial charge in [0.2, 0.25) is 0 Å². The molecule has 0 aromatic carbocycles. The Bertz CT molecular complexity index is 81.7. The lowest BCUT2D eigenvalue weighted by Gasteiger charge is -2.11. The number of aliphatic hydroxyl groups is 1. The van der Waals surface area contributed by atoms with Gasteiger partial charge in [0.1, 0.15) is 0 Å². The first-order valence-corrected chi connectivity index (χ1v) is 6.05. The van der Waals surface area contributed by atoms with E-state index in [1.54, 1.807) is 0 Å². The molecule has 0 aliphatic carbocycles. The van der Waals surface area contributed by atoms with Crippen LogP contribution in [0.5, 0.6) is 0 Å². The molecule has 3 heteroatoms. The zero-order valence-electron chi connectivity index (χ0n) is 11.5. The summed E-state index contributed by atoms with van der Waals surface area (Å²) in [6.45, 7) is 9.83. The minimum Gasteiger partial charge on any atom is -0.400 e. The highest BCUT2D eigenvalue weighted by molar-refractivity contribution is 4.74. The van der Waals surface area contributed by atoms with Crippen LogP contribution in [0.4, 0.5) is 0 Å². The van der Waals surface area contributed by atoms with Crippen LogP contribution in [0.1, 0.15) is 47.0 Å². The highest BCUT2D eigenvalue weighted by Gasteiger charge is 2.14. The molecule has 0 amide bonds. The van der Waals surface area contributed by atoms with Gasteiger partial charge in [-0.05, 0) is 38.8 Å². The van der Waals surface area contributed by atoms with Crippen molar-refractivity contribution in [2.45, 2.75) is 53.0 Å². The summed E-state index contributed by atoms with van der Waals surface area (Å²) >= 11 is 0. The fourth-order valence-corrected chi connectivity index (χ4v) is 1.53. The maximum Gasteiger partial charge on any atom is 0.0319 e. The molecule has 1 heterocycles. The van der Waals surface area contributed by atoms with Crippen molar-refractivity contribution in [2.75, 3.05) is 20.7 Å². The Morgan fingerprint density at radius 2 is 1.73 bits per heavy atom. The molecule has 96 valence electrons. The molecule has 3 nitrogen and oxygen atoms in total. The largest absolute Gasteiger partial charge is 0.400 e. The number of hydrogen-bond donors (Lipinski definition) is 3. The van der Waals surface area contributed by atoms with Crippen molar-refractivity contribution in [3.63, 3.8) is 0 Å². The van der Waals surface area contributed by atoms with Crippen molar-refractivity contribution < 1.29 is 5.11 Å². The first-order valence-electron chi connectivity index (χ1n) is 6.05. The summed E-state index contributed by atoms with van der Waals surface area (Å²) < 4.78 is 0. The van der Waals surface area contributed by atoms with Gasteiger partial charge in [0.05, 0.1) is 0 Å². The van der Waals surface area contributed by atoms with Crippen LogP contribution in [0.3, 0.4) is 0 Å². The Kier molecular flexibility index (Phi) is 26.3. The van der Waals surface area contributed by atoms with Gasteiger partial charge >= 0.3 is 0 Å². The van der Waals surface area contributed by atoms with E-state index in [1.807, 2.05) is 13.8 Å². The van der Waals surface area contributed by atoms with Crippen LogP contribution in [0.15, 0.2) is 0 Å². The maximum atomic E-state index is 7.00. The van der Waals surface area contributed by atoms with Gasteiger partial charge in [0.15, 0.2) is 0 Å². The molecule has 1 aliphatic heterocycles.